The number of hydrogen-bond acceptors (Lipinski definition) is 5. The summed E-state index contributed by atoms with van der Waals surface area (Å²) < 4.78 is 2.21. The van der Waals surface area contributed by atoms with Crippen molar-refractivity contribution in [3.63, 3.8) is 0 Å². The summed E-state index contributed by atoms with van der Waals surface area (Å²) in [6.45, 7) is 1.01. The fraction of sp³-hybridized carbons (Fsp3) is 0.450. The molecular formula is C20H22N6O. The van der Waals surface area contributed by atoms with Crippen LogP contribution in [0.4, 0.5) is 5.69 Å². The Morgan fingerprint density at radius 3 is 2.78 bits per heavy atom. The zero-order chi connectivity index (χ0) is 18.7. The molecule has 27 heavy (non-hydrogen) atoms. The molecule has 4 rings (SSSR count). The molecule has 2 aliphatic heterocycles. The number of aromatic nitrogens is 3. The highest BCUT2D eigenvalue weighted by Crippen LogP contribution is 2.37. The van der Waals surface area contributed by atoms with Gasteiger partial charge in [0.05, 0.1) is 0 Å². The lowest BCUT2D eigenvalue weighted by Crippen LogP contribution is -2.17. The van der Waals surface area contributed by atoms with Gasteiger partial charge in [-0.15, -0.1) is 22.5 Å². The van der Waals surface area contributed by atoms with Crippen LogP contribution in [0.2, 0.25) is 0 Å². The predicted octanol–water partition coefficient (Wildman–Crippen LogP) is 3.11. The van der Waals surface area contributed by atoms with Crippen LogP contribution in [0.15, 0.2) is 34.5 Å². The van der Waals surface area contributed by atoms with E-state index in [-0.39, 0.29) is 5.91 Å². The lowest BCUT2D eigenvalue weighted by Gasteiger charge is -2.10. The fourth-order valence-electron chi connectivity index (χ4n) is 3.44. The maximum atomic E-state index is 12.2. The van der Waals surface area contributed by atoms with Gasteiger partial charge in [0.1, 0.15) is 11.6 Å². The normalized spacial score (nSPS) is 16.0. The Bertz CT molecular complexity index is 900. The van der Waals surface area contributed by atoms with Crippen molar-refractivity contribution >= 4 is 11.6 Å². The minimum Gasteiger partial charge on any atom is -0.326 e. The van der Waals surface area contributed by atoms with E-state index >= 15 is 0 Å². The summed E-state index contributed by atoms with van der Waals surface area (Å²) in [5.74, 6) is 4.66. The number of nitrogens with zero attached hydrogens (tertiary/aromatic N) is 5. The Balaban J connectivity index is 1.27. The average Bonchev–Trinajstić information content (AvgIpc) is 3.11. The van der Waals surface area contributed by atoms with E-state index in [1.807, 2.05) is 24.3 Å². The van der Waals surface area contributed by atoms with E-state index in [0.29, 0.717) is 19.3 Å². The second kappa shape index (κ2) is 7.31. The van der Waals surface area contributed by atoms with Gasteiger partial charge >= 0.3 is 0 Å². The van der Waals surface area contributed by atoms with Gasteiger partial charge in [-0.3, -0.25) is 4.79 Å². The largest absolute Gasteiger partial charge is 0.326 e. The SMILES string of the molecule is C#CCCC1(CCC(=O)Nc2ccc(Cc3nnc4n3CCC4)cc2)N=N1. The first-order valence-electron chi connectivity index (χ1n) is 9.35. The van der Waals surface area contributed by atoms with Crippen LogP contribution in [0.25, 0.3) is 0 Å². The van der Waals surface area contributed by atoms with Gasteiger partial charge in [0.25, 0.3) is 0 Å². The third-order valence-corrected chi connectivity index (χ3v) is 5.09. The van der Waals surface area contributed by atoms with Gasteiger partial charge in [0.2, 0.25) is 5.91 Å². The number of carbonyl (C=O) groups is 1. The first kappa shape index (κ1) is 17.4. The highest BCUT2D eigenvalue weighted by Gasteiger charge is 2.39. The molecule has 138 valence electrons. The highest BCUT2D eigenvalue weighted by atomic mass is 16.1. The predicted molar refractivity (Wildman–Crippen MR) is 101 cm³/mol. The molecule has 0 spiro atoms. The molecule has 1 aromatic heterocycles. The fourth-order valence-corrected chi connectivity index (χ4v) is 3.44. The summed E-state index contributed by atoms with van der Waals surface area (Å²) >= 11 is 0. The van der Waals surface area contributed by atoms with Crippen LogP contribution in [-0.4, -0.2) is 26.3 Å². The monoisotopic (exact) mass is 362 g/mol. The molecule has 3 heterocycles. The quantitative estimate of drug-likeness (QED) is 0.732. The Labute approximate surface area is 158 Å². The maximum absolute atomic E-state index is 12.2. The zero-order valence-corrected chi connectivity index (χ0v) is 15.2. The number of fused-ring (bicyclic) bond motifs is 1. The van der Waals surface area contributed by atoms with Gasteiger partial charge in [-0.2, -0.15) is 10.2 Å². The molecule has 2 aromatic rings. The smallest absolute Gasteiger partial charge is 0.224 e. The molecule has 0 saturated carbocycles. The number of anilines is 1. The standard InChI is InChI=1S/C20H22N6O/c1-2-3-11-20(24-25-20)12-10-19(27)21-16-8-6-15(7-9-16)14-18-23-22-17-5-4-13-26(17)18/h1,6-9H,3-5,10-14H2,(H,21,27). The molecule has 0 bridgehead atoms. The molecule has 1 N–H and O–H groups in total. The van der Waals surface area contributed by atoms with E-state index in [4.69, 9.17) is 6.42 Å². The number of terminal acetylenes is 1. The van der Waals surface area contributed by atoms with E-state index in [0.717, 1.165) is 55.1 Å². The Kier molecular flexibility index (Phi) is 4.71. The van der Waals surface area contributed by atoms with Gasteiger partial charge in [-0.1, -0.05) is 12.1 Å². The summed E-state index contributed by atoms with van der Waals surface area (Å²) in [6, 6.07) is 7.89. The summed E-state index contributed by atoms with van der Waals surface area (Å²) in [5.41, 5.74) is 1.53. The number of amides is 1. The van der Waals surface area contributed by atoms with E-state index in [9.17, 15) is 4.79 Å². The topological polar surface area (TPSA) is 84.5 Å². The Morgan fingerprint density at radius 2 is 2.04 bits per heavy atom. The van der Waals surface area contributed by atoms with Crippen LogP contribution in [0, 0.1) is 12.3 Å². The van der Waals surface area contributed by atoms with Crippen LogP contribution in [-0.2, 0) is 24.2 Å². The summed E-state index contributed by atoms with van der Waals surface area (Å²) in [6.07, 6.45) is 10.5. The van der Waals surface area contributed by atoms with Crippen LogP contribution < -0.4 is 5.32 Å². The lowest BCUT2D eigenvalue weighted by atomic mass is 10.0. The van der Waals surface area contributed by atoms with E-state index < -0.39 is 5.66 Å². The number of aryl methyl sites for hydroxylation is 1. The average molecular weight is 362 g/mol. The first-order valence-corrected chi connectivity index (χ1v) is 9.35. The van der Waals surface area contributed by atoms with Crippen molar-refractivity contribution in [1.29, 1.82) is 0 Å². The maximum Gasteiger partial charge on any atom is 0.224 e. The van der Waals surface area contributed by atoms with Gasteiger partial charge in [0.15, 0.2) is 5.66 Å². The van der Waals surface area contributed by atoms with Crippen molar-refractivity contribution in [2.45, 2.75) is 57.2 Å². The summed E-state index contributed by atoms with van der Waals surface area (Å²) in [5, 5.41) is 19.6. The minimum atomic E-state index is -0.411. The van der Waals surface area contributed by atoms with Crippen molar-refractivity contribution in [3.05, 3.63) is 41.5 Å². The Morgan fingerprint density at radius 1 is 1.22 bits per heavy atom. The lowest BCUT2D eigenvalue weighted by molar-refractivity contribution is -0.116. The number of rotatable bonds is 8. The van der Waals surface area contributed by atoms with Crippen LogP contribution in [0.1, 0.15) is 49.3 Å². The number of carbonyl (C=O) groups excluding carboxylic acids is 1. The third kappa shape index (κ3) is 4.05. The molecule has 0 saturated heterocycles. The van der Waals surface area contributed by atoms with Gasteiger partial charge < -0.3 is 9.88 Å². The molecule has 0 unspecified atom stereocenters. The van der Waals surface area contributed by atoms with Crippen LogP contribution in [0.3, 0.4) is 0 Å². The molecule has 0 radical (unpaired) electrons. The third-order valence-electron chi connectivity index (χ3n) is 5.09. The van der Waals surface area contributed by atoms with Crippen molar-refractivity contribution < 1.29 is 4.79 Å². The van der Waals surface area contributed by atoms with E-state index in [1.54, 1.807) is 0 Å². The molecule has 7 nitrogen and oxygen atoms in total. The van der Waals surface area contributed by atoms with E-state index in [2.05, 4.69) is 36.2 Å². The second-order valence-corrected chi connectivity index (χ2v) is 7.10. The summed E-state index contributed by atoms with van der Waals surface area (Å²) in [7, 11) is 0. The zero-order valence-electron chi connectivity index (χ0n) is 15.2. The van der Waals surface area contributed by atoms with Crippen LogP contribution >= 0.6 is 0 Å². The second-order valence-electron chi connectivity index (χ2n) is 7.10. The Hall–Kier alpha value is -3.01. The number of nitrogens with one attached hydrogen (secondary N) is 1. The van der Waals surface area contributed by atoms with Gasteiger partial charge in [-0.25, -0.2) is 0 Å². The molecule has 1 amide bonds. The van der Waals surface area contributed by atoms with Crippen molar-refractivity contribution in [2.24, 2.45) is 10.2 Å². The first-order chi connectivity index (χ1) is 13.2. The number of hydrogen-bond donors (Lipinski definition) is 1. The number of benzene rings is 1. The molecule has 0 aliphatic carbocycles. The van der Waals surface area contributed by atoms with Gasteiger partial charge in [0, 0.05) is 50.8 Å². The molecular weight excluding hydrogens is 340 g/mol. The molecule has 1 aromatic carbocycles. The van der Waals surface area contributed by atoms with Crippen LogP contribution in [0.5, 0.6) is 0 Å². The molecule has 7 heteroatoms. The molecule has 2 aliphatic rings. The minimum absolute atomic E-state index is 0.0320. The highest BCUT2D eigenvalue weighted by molar-refractivity contribution is 5.90. The van der Waals surface area contributed by atoms with Crippen molar-refractivity contribution in [2.75, 3.05) is 5.32 Å². The molecule has 0 atom stereocenters. The molecule has 0 fully saturated rings. The summed E-state index contributed by atoms with van der Waals surface area (Å²) in [4.78, 5) is 12.2. The van der Waals surface area contributed by atoms with Crippen molar-refractivity contribution in [3.8, 4) is 12.3 Å². The van der Waals surface area contributed by atoms with Gasteiger partial charge in [-0.05, 0) is 24.1 Å². The van der Waals surface area contributed by atoms with E-state index in [1.165, 1.54) is 0 Å². The van der Waals surface area contributed by atoms with Crippen molar-refractivity contribution in [1.82, 2.24) is 14.8 Å².